The van der Waals surface area contributed by atoms with E-state index in [4.69, 9.17) is 10.8 Å². The number of hydrogen-bond donors (Lipinski definition) is 2. The molecule has 1 aromatic rings. The molecule has 0 aliphatic heterocycles. The number of carboxylic acid groups (broad SMARTS) is 1. The van der Waals surface area contributed by atoms with E-state index in [1.165, 1.54) is 18.2 Å². The number of carbonyl (C=O) groups excluding carboxylic acids is 1. The van der Waals surface area contributed by atoms with Crippen molar-refractivity contribution in [2.24, 2.45) is 0 Å². The third-order valence-electron chi connectivity index (χ3n) is 1.63. The van der Waals surface area contributed by atoms with Crippen LogP contribution in [0.25, 0.3) is 0 Å². The van der Waals surface area contributed by atoms with Gasteiger partial charge in [-0.05, 0) is 18.2 Å². The van der Waals surface area contributed by atoms with Crippen LogP contribution in [0.1, 0.15) is 20.7 Å². The largest absolute Gasteiger partial charge is 0.624 e. The standard InChI is InChI=1S/C8H7NO4.Al/c9-6-3-4(7(10)11)1-2-5(6)8(12)13;/h1-3H,9H2,(H,10,11)(H,12,13);/q;+1/p-1. The molecular formula is C8H6AlNO4. The molecule has 1 rings (SSSR count). The Labute approximate surface area is 88.2 Å². The Kier molecular flexibility index (Phi) is 3.12. The molecule has 0 aliphatic rings. The lowest BCUT2D eigenvalue weighted by Gasteiger charge is -2.05. The highest BCUT2D eigenvalue weighted by Crippen LogP contribution is 2.15. The minimum atomic E-state index is -1.09. The second-order valence-electron chi connectivity index (χ2n) is 2.51. The highest BCUT2D eigenvalue weighted by atomic mass is 27.1. The topological polar surface area (TPSA) is 89.6 Å². The molecule has 14 heavy (non-hydrogen) atoms. The van der Waals surface area contributed by atoms with E-state index in [0.717, 1.165) is 0 Å². The minimum Gasteiger partial charge on any atom is -0.624 e. The highest BCUT2D eigenvalue weighted by Gasteiger charge is 2.11. The van der Waals surface area contributed by atoms with E-state index >= 15 is 0 Å². The van der Waals surface area contributed by atoms with E-state index in [9.17, 15) is 9.59 Å². The number of carbonyl (C=O) groups is 2. The third kappa shape index (κ3) is 2.05. The second kappa shape index (κ2) is 4.13. The molecule has 0 aromatic heterocycles. The molecule has 0 atom stereocenters. The molecule has 0 bridgehead atoms. The molecule has 2 radical (unpaired) electrons. The van der Waals surface area contributed by atoms with Crippen LogP contribution < -0.4 is 5.73 Å². The molecule has 1 aromatic carbocycles. The normalized spacial score (nSPS) is 9.43. The van der Waals surface area contributed by atoms with Gasteiger partial charge >= 0.3 is 28.6 Å². The molecule has 0 spiro atoms. The molecular weight excluding hydrogens is 201 g/mol. The number of carboxylic acids is 1. The van der Waals surface area contributed by atoms with E-state index in [1.807, 2.05) is 0 Å². The fourth-order valence-corrected chi connectivity index (χ4v) is 1.07. The van der Waals surface area contributed by atoms with Crippen molar-refractivity contribution >= 4 is 34.2 Å². The lowest BCUT2D eigenvalue weighted by atomic mass is 10.1. The lowest BCUT2D eigenvalue weighted by Crippen LogP contribution is -2.08. The molecule has 0 fully saturated rings. The highest BCUT2D eigenvalue weighted by molar-refractivity contribution is 6.11. The number of anilines is 1. The van der Waals surface area contributed by atoms with Crippen LogP contribution in [-0.2, 0) is 3.79 Å². The second-order valence-corrected chi connectivity index (χ2v) is 2.75. The first-order valence-electron chi connectivity index (χ1n) is 3.60. The SMILES string of the molecule is Nc1cc(C(=O)O)ccc1C(=O)[O][Al]. The average molecular weight is 207 g/mol. The van der Waals surface area contributed by atoms with Crippen molar-refractivity contribution < 1.29 is 18.5 Å². The Bertz CT molecular complexity index is 391. The van der Waals surface area contributed by atoms with Crippen LogP contribution >= 0.6 is 0 Å². The molecule has 6 heteroatoms. The van der Waals surface area contributed by atoms with Gasteiger partial charge in [-0.15, -0.1) is 0 Å². The van der Waals surface area contributed by atoms with Crippen LogP contribution in [0.3, 0.4) is 0 Å². The van der Waals surface area contributed by atoms with E-state index in [1.54, 1.807) is 16.6 Å². The molecule has 0 amide bonds. The van der Waals surface area contributed by atoms with Gasteiger partial charge in [0.15, 0.2) is 0 Å². The first kappa shape index (κ1) is 10.6. The van der Waals surface area contributed by atoms with Crippen molar-refractivity contribution in [1.29, 1.82) is 0 Å². The number of nitrogen functional groups attached to an aromatic ring is 1. The predicted molar refractivity (Wildman–Crippen MR) is 49.0 cm³/mol. The van der Waals surface area contributed by atoms with Gasteiger partial charge in [0.05, 0.1) is 11.1 Å². The van der Waals surface area contributed by atoms with Crippen LogP contribution in [0.15, 0.2) is 18.2 Å². The lowest BCUT2D eigenvalue weighted by molar-refractivity contribution is 0.0693. The van der Waals surface area contributed by atoms with Gasteiger partial charge in [-0.25, -0.2) is 9.59 Å². The summed E-state index contributed by atoms with van der Waals surface area (Å²) in [5.74, 6) is -1.72. The number of aromatic carboxylic acids is 1. The zero-order valence-electron chi connectivity index (χ0n) is 7.06. The van der Waals surface area contributed by atoms with Crippen LogP contribution in [0.5, 0.6) is 0 Å². The summed E-state index contributed by atoms with van der Waals surface area (Å²) < 4.78 is 4.37. The number of nitrogens with two attached hydrogens (primary N) is 1. The van der Waals surface area contributed by atoms with Gasteiger partial charge in [-0.3, -0.25) is 0 Å². The summed E-state index contributed by atoms with van der Waals surface area (Å²) in [6.45, 7) is 0. The van der Waals surface area contributed by atoms with Crippen molar-refractivity contribution in [3.8, 4) is 0 Å². The van der Waals surface area contributed by atoms with Crippen molar-refractivity contribution in [1.82, 2.24) is 0 Å². The number of hydrogen-bond acceptors (Lipinski definition) is 4. The van der Waals surface area contributed by atoms with Crippen molar-refractivity contribution in [3.05, 3.63) is 29.3 Å². The number of rotatable bonds is 2. The van der Waals surface area contributed by atoms with Crippen molar-refractivity contribution in [2.45, 2.75) is 0 Å². The molecule has 0 aliphatic carbocycles. The molecule has 3 N–H and O–H groups in total. The number of benzene rings is 1. The van der Waals surface area contributed by atoms with Crippen LogP contribution in [0.2, 0.25) is 0 Å². The summed E-state index contributed by atoms with van der Waals surface area (Å²) in [7, 11) is 0. The Morgan fingerprint density at radius 2 is 2.07 bits per heavy atom. The van der Waals surface area contributed by atoms with Gasteiger partial charge < -0.3 is 14.6 Å². The van der Waals surface area contributed by atoms with E-state index in [2.05, 4.69) is 3.79 Å². The zero-order chi connectivity index (χ0) is 10.7. The Hall–Kier alpha value is -1.51. The van der Waals surface area contributed by atoms with Crippen molar-refractivity contribution in [3.63, 3.8) is 0 Å². The maximum atomic E-state index is 11.0. The summed E-state index contributed by atoms with van der Waals surface area (Å²) >= 11 is 1.80. The van der Waals surface area contributed by atoms with Crippen LogP contribution in [-0.4, -0.2) is 33.7 Å². The van der Waals surface area contributed by atoms with Gasteiger partial charge in [0.25, 0.3) is 0 Å². The molecule has 70 valence electrons. The predicted octanol–water partition coefficient (Wildman–Crippen LogP) is 0.207. The smallest absolute Gasteiger partial charge is 0.485 e. The van der Waals surface area contributed by atoms with Gasteiger partial charge in [-0.1, -0.05) is 0 Å². The van der Waals surface area contributed by atoms with Gasteiger partial charge in [0.1, 0.15) is 0 Å². The summed E-state index contributed by atoms with van der Waals surface area (Å²) in [5.41, 5.74) is 5.72. The molecule has 0 unspecified atom stereocenters. The summed E-state index contributed by atoms with van der Waals surface area (Å²) in [6.07, 6.45) is 0. The molecule has 0 saturated carbocycles. The third-order valence-corrected chi connectivity index (χ3v) is 1.84. The quantitative estimate of drug-likeness (QED) is 0.534. The Morgan fingerprint density at radius 1 is 1.43 bits per heavy atom. The van der Waals surface area contributed by atoms with Gasteiger partial charge in [-0.2, -0.15) is 0 Å². The monoisotopic (exact) mass is 207 g/mol. The summed E-state index contributed by atoms with van der Waals surface area (Å²) in [4.78, 5) is 21.6. The zero-order valence-corrected chi connectivity index (χ0v) is 8.21. The minimum absolute atomic E-state index is 0.0304. The van der Waals surface area contributed by atoms with E-state index < -0.39 is 11.9 Å². The first-order valence-corrected chi connectivity index (χ1v) is 4.07. The molecule has 5 nitrogen and oxygen atoms in total. The van der Waals surface area contributed by atoms with E-state index in [0.29, 0.717) is 0 Å². The summed E-state index contributed by atoms with van der Waals surface area (Å²) in [6, 6.07) is 3.81. The van der Waals surface area contributed by atoms with Gasteiger partial charge in [0, 0.05) is 5.69 Å². The van der Waals surface area contributed by atoms with Crippen LogP contribution in [0, 0.1) is 0 Å². The average Bonchev–Trinajstić information content (AvgIpc) is 2.16. The Morgan fingerprint density at radius 3 is 2.50 bits per heavy atom. The Balaban J connectivity index is 3.14. The summed E-state index contributed by atoms with van der Waals surface area (Å²) in [5, 5.41) is 8.62. The molecule has 0 saturated heterocycles. The molecule has 0 heterocycles. The van der Waals surface area contributed by atoms with Crippen molar-refractivity contribution in [2.75, 3.05) is 5.73 Å². The van der Waals surface area contributed by atoms with Gasteiger partial charge in [0.2, 0.25) is 0 Å². The van der Waals surface area contributed by atoms with Crippen LogP contribution in [0.4, 0.5) is 5.69 Å². The van der Waals surface area contributed by atoms with E-state index in [-0.39, 0.29) is 16.8 Å². The first-order chi connectivity index (χ1) is 6.56. The maximum absolute atomic E-state index is 11.0. The fraction of sp³-hybridized carbons (Fsp3) is 0. The maximum Gasteiger partial charge on any atom is 0.485 e. The fourth-order valence-electron chi connectivity index (χ4n) is 0.945.